The van der Waals surface area contributed by atoms with Crippen molar-refractivity contribution >= 4 is 0 Å². The Morgan fingerprint density at radius 3 is 2.57 bits per heavy atom. The molecule has 2 aliphatic rings. The van der Waals surface area contributed by atoms with Gasteiger partial charge in [0.1, 0.15) is 5.76 Å². The zero-order chi connectivity index (χ0) is 14.7. The van der Waals surface area contributed by atoms with Crippen molar-refractivity contribution in [2.75, 3.05) is 13.1 Å². The Kier molecular flexibility index (Phi) is 4.70. The van der Waals surface area contributed by atoms with Crippen molar-refractivity contribution in [1.82, 2.24) is 10.2 Å². The van der Waals surface area contributed by atoms with Crippen LogP contribution >= 0.6 is 0 Å². The molecule has 1 saturated carbocycles. The molecule has 3 rings (SSSR count). The highest BCUT2D eigenvalue weighted by Gasteiger charge is 2.36. The molecule has 0 unspecified atom stereocenters. The first kappa shape index (κ1) is 15.1. The van der Waals surface area contributed by atoms with Gasteiger partial charge in [0.15, 0.2) is 0 Å². The summed E-state index contributed by atoms with van der Waals surface area (Å²) in [5, 5.41) is 3.44. The summed E-state index contributed by atoms with van der Waals surface area (Å²) in [6, 6.07) is 2.74. The predicted octanol–water partition coefficient (Wildman–Crippen LogP) is 3.93. The van der Waals surface area contributed by atoms with Gasteiger partial charge in [-0.1, -0.05) is 26.7 Å². The van der Waals surface area contributed by atoms with Gasteiger partial charge in [0.25, 0.3) is 0 Å². The summed E-state index contributed by atoms with van der Waals surface area (Å²) in [7, 11) is 0. The van der Waals surface area contributed by atoms with Crippen molar-refractivity contribution in [3.8, 4) is 0 Å². The van der Waals surface area contributed by atoms with E-state index in [1.807, 2.05) is 6.26 Å². The van der Waals surface area contributed by atoms with Gasteiger partial charge in [-0.15, -0.1) is 0 Å². The molecule has 1 aliphatic heterocycles. The zero-order valence-electron chi connectivity index (χ0n) is 13.7. The number of furan rings is 1. The van der Waals surface area contributed by atoms with Gasteiger partial charge in [0, 0.05) is 18.2 Å². The minimum absolute atomic E-state index is 0.521. The number of rotatable bonds is 5. The lowest BCUT2D eigenvalue weighted by atomic mass is 9.77. The Bertz CT molecular complexity index is 436. The van der Waals surface area contributed by atoms with Crippen LogP contribution in [0.3, 0.4) is 0 Å². The average molecular weight is 290 g/mol. The summed E-state index contributed by atoms with van der Waals surface area (Å²) in [5.74, 6) is 1.12. The van der Waals surface area contributed by atoms with Crippen LogP contribution in [-0.4, -0.2) is 24.0 Å². The van der Waals surface area contributed by atoms with Crippen LogP contribution in [0.25, 0.3) is 0 Å². The third-order valence-electron chi connectivity index (χ3n) is 5.38. The zero-order valence-corrected chi connectivity index (χ0v) is 13.7. The van der Waals surface area contributed by atoms with Crippen molar-refractivity contribution < 1.29 is 4.42 Å². The third kappa shape index (κ3) is 3.89. The number of hydrogen-bond acceptors (Lipinski definition) is 3. The molecule has 2 fully saturated rings. The summed E-state index contributed by atoms with van der Waals surface area (Å²) in [6.45, 7) is 8.74. The molecule has 2 heterocycles. The van der Waals surface area contributed by atoms with Crippen molar-refractivity contribution in [3.05, 3.63) is 23.7 Å². The minimum Gasteiger partial charge on any atom is -0.468 e. The molecule has 0 radical (unpaired) electrons. The average Bonchev–Trinajstić information content (AvgIpc) is 3.09. The SMILES string of the molecule is CC(C)NCc1coc(CN2CCC3(CCCC3)CC2)c1. The molecule has 118 valence electrons. The second-order valence-corrected chi connectivity index (χ2v) is 7.44. The van der Waals surface area contributed by atoms with Gasteiger partial charge in [0.05, 0.1) is 12.8 Å². The van der Waals surface area contributed by atoms with Crippen LogP contribution in [0.2, 0.25) is 0 Å². The van der Waals surface area contributed by atoms with E-state index < -0.39 is 0 Å². The highest BCUT2D eigenvalue weighted by Crippen LogP contribution is 2.46. The molecule has 1 aliphatic carbocycles. The highest BCUT2D eigenvalue weighted by molar-refractivity contribution is 5.13. The van der Waals surface area contributed by atoms with Crippen molar-refractivity contribution in [1.29, 1.82) is 0 Å². The number of piperidine rings is 1. The van der Waals surface area contributed by atoms with Gasteiger partial charge in [-0.05, 0) is 50.3 Å². The Morgan fingerprint density at radius 2 is 1.90 bits per heavy atom. The van der Waals surface area contributed by atoms with Crippen molar-refractivity contribution in [2.45, 2.75) is 71.5 Å². The number of likely N-dealkylation sites (tertiary alicyclic amines) is 1. The molecule has 3 heteroatoms. The van der Waals surface area contributed by atoms with Crippen LogP contribution in [0.5, 0.6) is 0 Å². The van der Waals surface area contributed by atoms with Gasteiger partial charge in [-0.25, -0.2) is 0 Å². The van der Waals surface area contributed by atoms with E-state index in [-0.39, 0.29) is 0 Å². The maximum absolute atomic E-state index is 5.73. The first-order valence-electron chi connectivity index (χ1n) is 8.67. The van der Waals surface area contributed by atoms with Gasteiger partial charge in [-0.2, -0.15) is 0 Å². The predicted molar refractivity (Wildman–Crippen MR) is 86.1 cm³/mol. The molecule has 1 aromatic rings. The van der Waals surface area contributed by atoms with E-state index in [1.54, 1.807) is 0 Å². The molecule has 0 bridgehead atoms. The van der Waals surface area contributed by atoms with Gasteiger partial charge < -0.3 is 9.73 Å². The summed E-state index contributed by atoms with van der Waals surface area (Å²) in [6.07, 6.45) is 10.6. The molecule has 1 saturated heterocycles. The summed E-state index contributed by atoms with van der Waals surface area (Å²) < 4.78 is 5.73. The van der Waals surface area contributed by atoms with Crippen LogP contribution in [-0.2, 0) is 13.1 Å². The van der Waals surface area contributed by atoms with Gasteiger partial charge >= 0.3 is 0 Å². The molecule has 0 amide bonds. The van der Waals surface area contributed by atoms with E-state index in [0.29, 0.717) is 11.5 Å². The van der Waals surface area contributed by atoms with Crippen LogP contribution in [0.15, 0.2) is 16.7 Å². The Labute approximate surface area is 129 Å². The van der Waals surface area contributed by atoms with Crippen LogP contribution in [0.4, 0.5) is 0 Å². The summed E-state index contributed by atoms with van der Waals surface area (Å²) in [5.41, 5.74) is 1.98. The smallest absolute Gasteiger partial charge is 0.118 e. The molecule has 0 aromatic carbocycles. The van der Waals surface area contributed by atoms with E-state index in [9.17, 15) is 0 Å². The summed E-state index contributed by atoms with van der Waals surface area (Å²) in [4.78, 5) is 2.57. The van der Waals surface area contributed by atoms with Crippen LogP contribution in [0, 0.1) is 5.41 Å². The Morgan fingerprint density at radius 1 is 1.19 bits per heavy atom. The van der Waals surface area contributed by atoms with E-state index >= 15 is 0 Å². The fourth-order valence-electron chi connectivity index (χ4n) is 3.95. The molecular weight excluding hydrogens is 260 g/mol. The second-order valence-electron chi connectivity index (χ2n) is 7.44. The second kappa shape index (κ2) is 6.53. The molecule has 1 N–H and O–H groups in total. The third-order valence-corrected chi connectivity index (χ3v) is 5.38. The fourth-order valence-corrected chi connectivity index (χ4v) is 3.95. The standard InChI is InChI=1S/C18H30N2O/c1-15(2)19-12-16-11-17(21-14-16)13-20-9-7-18(8-10-20)5-3-4-6-18/h11,14-15,19H,3-10,12-13H2,1-2H3. The number of nitrogens with one attached hydrogen (secondary N) is 1. The molecule has 21 heavy (non-hydrogen) atoms. The minimum atomic E-state index is 0.521. The lowest BCUT2D eigenvalue weighted by Gasteiger charge is -2.39. The maximum Gasteiger partial charge on any atom is 0.118 e. The number of nitrogens with zero attached hydrogens (tertiary/aromatic N) is 1. The monoisotopic (exact) mass is 290 g/mol. The fraction of sp³-hybridized carbons (Fsp3) is 0.778. The maximum atomic E-state index is 5.73. The van der Waals surface area contributed by atoms with Gasteiger partial charge in [-0.3, -0.25) is 4.90 Å². The Hall–Kier alpha value is -0.800. The first-order chi connectivity index (χ1) is 10.2. The quantitative estimate of drug-likeness (QED) is 0.890. The van der Waals surface area contributed by atoms with E-state index in [1.165, 1.54) is 57.2 Å². The molecule has 1 spiro atoms. The van der Waals surface area contributed by atoms with Gasteiger partial charge in [0.2, 0.25) is 0 Å². The molecule has 3 nitrogen and oxygen atoms in total. The Balaban J connectivity index is 1.47. The normalized spacial score (nSPS) is 22.4. The lowest BCUT2D eigenvalue weighted by molar-refractivity contribution is 0.0982. The van der Waals surface area contributed by atoms with Crippen molar-refractivity contribution in [3.63, 3.8) is 0 Å². The van der Waals surface area contributed by atoms with E-state index in [0.717, 1.165) is 18.8 Å². The topological polar surface area (TPSA) is 28.4 Å². The molecule has 0 atom stereocenters. The van der Waals surface area contributed by atoms with Crippen LogP contribution in [0.1, 0.15) is 63.7 Å². The largest absolute Gasteiger partial charge is 0.468 e. The van der Waals surface area contributed by atoms with E-state index in [4.69, 9.17) is 4.42 Å². The first-order valence-corrected chi connectivity index (χ1v) is 8.67. The van der Waals surface area contributed by atoms with Crippen LogP contribution < -0.4 is 5.32 Å². The lowest BCUT2D eigenvalue weighted by Crippen LogP contribution is -2.38. The highest BCUT2D eigenvalue weighted by atomic mass is 16.3. The summed E-state index contributed by atoms with van der Waals surface area (Å²) >= 11 is 0. The molecule has 1 aromatic heterocycles. The number of hydrogen-bond donors (Lipinski definition) is 1. The van der Waals surface area contributed by atoms with Crippen molar-refractivity contribution in [2.24, 2.45) is 5.41 Å². The molecular formula is C18H30N2O. The van der Waals surface area contributed by atoms with E-state index in [2.05, 4.69) is 30.1 Å².